The first-order valence-electron chi connectivity index (χ1n) is 10.5. The van der Waals surface area contributed by atoms with E-state index in [-0.39, 0.29) is 23.7 Å². The molecule has 0 unspecified atom stereocenters. The Bertz CT molecular complexity index is 925. The molecule has 1 N–H and O–H groups in total. The molecule has 1 saturated heterocycles. The maximum atomic E-state index is 13.5. The minimum absolute atomic E-state index is 0.189. The number of halogens is 2. The summed E-state index contributed by atoms with van der Waals surface area (Å²) in [4.78, 5) is 13.1. The molecule has 0 radical (unpaired) electrons. The molecule has 2 aliphatic rings. The summed E-state index contributed by atoms with van der Waals surface area (Å²) >= 11 is 6.45. The third kappa shape index (κ3) is 4.35. The van der Waals surface area contributed by atoms with Gasteiger partial charge in [0.05, 0.1) is 16.8 Å². The monoisotopic (exact) mass is 428 g/mol. The van der Waals surface area contributed by atoms with Crippen molar-refractivity contribution in [1.82, 2.24) is 10.4 Å². The number of benzene rings is 2. The highest BCUT2D eigenvalue weighted by Crippen LogP contribution is 2.41. The van der Waals surface area contributed by atoms with Crippen LogP contribution in [0.3, 0.4) is 0 Å². The van der Waals surface area contributed by atoms with E-state index >= 15 is 0 Å². The van der Waals surface area contributed by atoms with Crippen molar-refractivity contribution in [3.63, 3.8) is 0 Å². The zero-order chi connectivity index (χ0) is 21.1. The van der Waals surface area contributed by atoms with E-state index in [9.17, 15) is 9.18 Å². The van der Waals surface area contributed by atoms with Gasteiger partial charge in [-0.25, -0.2) is 9.40 Å². The molecule has 2 aromatic rings. The van der Waals surface area contributed by atoms with Crippen LogP contribution in [0.1, 0.15) is 44.2 Å². The Hall–Kier alpha value is -2.44. The first kappa shape index (κ1) is 20.8. The van der Waals surface area contributed by atoms with E-state index in [4.69, 9.17) is 16.7 Å². The van der Waals surface area contributed by atoms with E-state index in [0.29, 0.717) is 10.7 Å². The highest BCUT2D eigenvalue weighted by Gasteiger charge is 2.40. The number of nitrogens with zero attached hydrogens (tertiary/aromatic N) is 3. The summed E-state index contributed by atoms with van der Waals surface area (Å²) in [5.74, 6) is -0.682. The summed E-state index contributed by atoms with van der Waals surface area (Å²) in [6, 6.07) is 13.5. The summed E-state index contributed by atoms with van der Waals surface area (Å²) < 4.78 is 13.5. The predicted octanol–water partition coefficient (Wildman–Crippen LogP) is 4.94. The van der Waals surface area contributed by atoms with Gasteiger partial charge in [0.2, 0.25) is 0 Å². The molecule has 2 aromatic carbocycles. The van der Waals surface area contributed by atoms with Crippen molar-refractivity contribution >= 4 is 28.9 Å². The fourth-order valence-electron chi connectivity index (χ4n) is 4.20. The van der Waals surface area contributed by atoms with Crippen LogP contribution < -0.4 is 10.4 Å². The minimum Gasteiger partial charge on any atom is -0.284 e. The van der Waals surface area contributed by atoms with Crippen molar-refractivity contribution in [2.75, 3.05) is 18.1 Å². The van der Waals surface area contributed by atoms with Gasteiger partial charge in [-0.05, 0) is 42.7 Å². The van der Waals surface area contributed by atoms with Gasteiger partial charge in [-0.15, -0.1) is 0 Å². The number of carbonyl (C=O) groups is 1. The molecule has 0 bridgehead atoms. The molecule has 2 atom stereocenters. The lowest BCUT2D eigenvalue weighted by Gasteiger charge is -2.27. The maximum Gasteiger partial charge on any atom is 0.282 e. The minimum atomic E-state index is -0.297. The lowest BCUT2D eigenvalue weighted by Crippen LogP contribution is -2.46. The Labute approximate surface area is 181 Å². The molecule has 4 rings (SSSR count). The van der Waals surface area contributed by atoms with Gasteiger partial charge in [0.25, 0.3) is 5.91 Å². The molecule has 7 heteroatoms. The van der Waals surface area contributed by atoms with Crippen molar-refractivity contribution in [2.24, 2.45) is 11.0 Å². The SMILES string of the molecule is C[C@@H]1C(C(=O)NN2CCCCCC2)=NN(c2ccccc2Cl)[C@H]1c1ccc(F)cc1. The average Bonchev–Trinajstić information content (AvgIpc) is 2.89. The molecule has 0 saturated carbocycles. The van der Waals surface area contributed by atoms with E-state index in [1.165, 1.54) is 25.0 Å². The highest BCUT2D eigenvalue weighted by molar-refractivity contribution is 6.40. The van der Waals surface area contributed by atoms with Crippen LogP contribution in [0.25, 0.3) is 0 Å². The number of nitrogens with one attached hydrogen (secondary N) is 1. The number of carbonyl (C=O) groups excluding carboxylic acids is 1. The van der Waals surface area contributed by atoms with Gasteiger partial charge >= 0.3 is 0 Å². The third-order valence-corrected chi connectivity index (χ3v) is 6.11. The second-order valence-corrected chi connectivity index (χ2v) is 8.32. The molecule has 30 heavy (non-hydrogen) atoms. The van der Waals surface area contributed by atoms with Gasteiger partial charge in [0, 0.05) is 19.0 Å². The largest absolute Gasteiger partial charge is 0.284 e. The van der Waals surface area contributed by atoms with Crippen LogP contribution >= 0.6 is 11.6 Å². The fraction of sp³-hybridized carbons (Fsp3) is 0.391. The number of hydrogen-bond acceptors (Lipinski definition) is 4. The highest BCUT2D eigenvalue weighted by atomic mass is 35.5. The number of rotatable bonds is 4. The van der Waals surface area contributed by atoms with Crippen LogP contribution in [0, 0.1) is 11.7 Å². The van der Waals surface area contributed by atoms with Crippen molar-refractivity contribution < 1.29 is 9.18 Å². The molecular weight excluding hydrogens is 403 g/mol. The van der Waals surface area contributed by atoms with Crippen LogP contribution in [-0.2, 0) is 4.79 Å². The van der Waals surface area contributed by atoms with Gasteiger partial charge in [0.1, 0.15) is 11.5 Å². The van der Waals surface area contributed by atoms with Crippen molar-refractivity contribution in [3.8, 4) is 0 Å². The summed E-state index contributed by atoms with van der Waals surface area (Å²) in [6.07, 6.45) is 4.53. The van der Waals surface area contributed by atoms with E-state index in [1.54, 1.807) is 23.2 Å². The van der Waals surface area contributed by atoms with E-state index in [1.807, 2.05) is 30.1 Å². The Morgan fingerprint density at radius 1 is 1.07 bits per heavy atom. The van der Waals surface area contributed by atoms with Gasteiger partial charge in [-0.3, -0.25) is 15.2 Å². The summed E-state index contributed by atoms with van der Waals surface area (Å²) in [7, 11) is 0. The van der Waals surface area contributed by atoms with Crippen LogP contribution in [0.4, 0.5) is 10.1 Å². The first-order chi connectivity index (χ1) is 14.5. The topological polar surface area (TPSA) is 47.9 Å². The van der Waals surface area contributed by atoms with Crippen molar-refractivity contribution in [2.45, 2.75) is 38.6 Å². The Morgan fingerprint density at radius 3 is 2.40 bits per heavy atom. The standard InChI is InChI=1S/C23H26ClFN4O/c1-16-21(23(30)27-28-14-6-2-3-7-15-28)26-29(20-9-5-4-8-19(20)24)22(16)17-10-12-18(25)13-11-17/h4-5,8-13,16,22H,2-3,6-7,14-15H2,1H3,(H,27,30)/t16-,22-/m1/s1. The van der Waals surface area contributed by atoms with E-state index in [0.717, 1.165) is 37.2 Å². The number of amides is 1. The zero-order valence-corrected chi connectivity index (χ0v) is 17.8. The number of anilines is 1. The molecule has 5 nitrogen and oxygen atoms in total. The second-order valence-electron chi connectivity index (χ2n) is 7.91. The average molecular weight is 429 g/mol. The van der Waals surface area contributed by atoms with Crippen LogP contribution in [-0.4, -0.2) is 29.7 Å². The quantitative estimate of drug-likeness (QED) is 0.750. The molecule has 2 aliphatic heterocycles. The lowest BCUT2D eigenvalue weighted by molar-refractivity contribution is -0.119. The van der Waals surface area contributed by atoms with E-state index in [2.05, 4.69) is 5.43 Å². The summed E-state index contributed by atoms with van der Waals surface area (Å²) in [5.41, 5.74) is 5.10. The second kappa shape index (κ2) is 9.14. The summed E-state index contributed by atoms with van der Waals surface area (Å²) in [6.45, 7) is 3.68. The van der Waals surface area contributed by atoms with Crippen molar-refractivity contribution in [1.29, 1.82) is 0 Å². The molecule has 0 spiro atoms. The smallest absolute Gasteiger partial charge is 0.282 e. The number of para-hydroxylation sites is 1. The van der Waals surface area contributed by atoms with Gasteiger partial charge in [0.15, 0.2) is 0 Å². The molecule has 0 aliphatic carbocycles. The van der Waals surface area contributed by atoms with Crippen molar-refractivity contribution in [3.05, 3.63) is 64.9 Å². The molecule has 1 amide bonds. The number of hydrazone groups is 1. The Kier molecular flexibility index (Phi) is 6.35. The third-order valence-electron chi connectivity index (χ3n) is 5.79. The fourth-order valence-corrected chi connectivity index (χ4v) is 4.42. The van der Waals surface area contributed by atoms with Gasteiger partial charge < -0.3 is 0 Å². The molecule has 2 heterocycles. The van der Waals surface area contributed by atoms with Crippen LogP contribution in [0.15, 0.2) is 53.6 Å². The number of hydrogen-bond donors (Lipinski definition) is 1. The maximum absolute atomic E-state index is 13.5. The molecular formula is C23H26ClFN4O. The van der Waals surface area contributed by atoms with Crippen LogP contribution in [0.5, 0.6) is 0 Å². The van der Waals surface area contributed by atoms with Gasteiger partial charge in [-0.2, -0.15) is 5.10 Å². The molecule has 1 fully saturated rings. The van der Waals surface area contributed by atoms with Crippen LogP contribution in [0.2, 0.25) is 5.02 Å². The molecule has 0 aromatic heterocycles. The van der Waals surface area contributed by atoms with Gasteiger partial charge in [-0.1, -0.05) is 55.6 Å². The first-order valence-corrected chi connectivity index (χ1v) is 10.9. The number of hydrazine groups is 1. The Morgan fingerprint density at radius 2 is 1.73 bits per heavy atom. The normalized spacial score (nSPS) is 22.5. The zero-order valence-electron chi connectivity index (χ0n) is 17.0. The lowest BCUT2D eigenvalue weighted by atomic mass is 9.91. The van der Waals surface area contributed by atoms with E-state index < -0.39 is 0 Å². The molecule has 158 valence electrons. The predicted molar refractivity (Wildman–Crippen MR) is 118 cm³/mol. The summed E-state index contributed by atoms with van der Waals surface area (Å²) in [5, 5.41) is 9.04. The Balaban J connectivity index is 1.65.